The van der Waals surface area contributed by atoms with Gasteiger partial charge in [0.05, 0.1) is 19.9 Å². The van der Waals surface area contributed by atoms with Crippen LogP contribution in [-0.2, 0) is 20.9 Å². The summed E-state index contributed by atoms with van der Waals surface area (Å²) in [6.45, 7) is 5.67. The second-order valence-corrected chi connectivity index (χ2v) is 9.28. The Hall–Kier alpha value is -4.14. The standard InChI is InChI=1S/C27H32N4O5/c1-27(2,3)30-26(34)25(19-10-12-20(35-4)13-11-19)31(18-21-8-7-17-36-21)24(33)15-14-23(32)29-22-9-5-6-16-28-22/h5-13,16-17,25H,14-15,18H2,1-4H3,(H,30,34)(H,28,29,32)/t25-/m0/s1. The number of amides is 3. The maximum Gasteiger partial charge on any atom is 0.247 e. The molecule has 0 unspecified atom stereocenters. The van der Waals surface area contributed by atoms with Crippen molar-refractivity contribution < 1.29 is 23.5 Å². The summed E-state index contributed by atoms with van der Waals surface area (Å²) in [6, 6.07) is 14.6. The number of furan rings is 1. The fourth-order valence-corrected chi connectivity index (χ4v) is 3.60. The molecule has 0 spiro atoms. The Kier molecular flexibility index (Phi) is 8.83. The molecule has 2 aromatic heterocycles. The number of hydrogen-bond acceptors (Lipinski definition) is 6. The van der Waals surface area contributed by atoms with Crippen LogP contribution in [0.25, 0.3) is 0 Å². The van der Waals surface area contributed by atoms with E-state index in [4.69, 9.17) is 9.15 Å². The Labute approximate surface area is 210 Å². The van der Waals surface area contributed by atoms with E-state index in [-0.39, 0.29) is 37.1 Å². The first-order valence-corrected chi connectivity index (χ1v) is 11.6. The lowest BCUT2D eigenvalue weighted by molar-refractivity contribution is -0.143. The third kappa shape index (κ3) is 7.69. The summed E-state index contributed by atoms with van der Waals surface area (Å²) < 4.78 is 10.7. The summed E-state index contributed by atoms with van der Waals surface area (Å²) in [5, 5.41) is 5.65. The second kappa shape index (κ2) is 12.0. The molecule has 2 N–H and O–H groups in total. The lowest BCUT2D eigenvalue weighted by atomic mass is 10.0. The highest BCUT2D eigenvalue weighted by molar-refractivity contribution is 5.94. The van der Waals surface area contributed by atoms with Crippen molar-refractivity contribution in [1.29, 1.82) is 0 Å². The average Bonchev–Trinajstić information content (AvgIpc) is 3.35. The predicted octanol–water partition coefficient (Wildman–Crippen LogP) is 4.09. The number of aromatic nitrogens is 1. The number of nitrogens with one attached hydrogen (secondary N) is 2. The number of nitrogens with zero attached hydrogens (tertiary/aromatic N) is 2. The number of carbonyl (C=O) groups is 3. The summed E-state index contributed by atoms with van der Waals surface area (Å²) in [5.41, 5.74) is 0.0828. The lowest BCUT2D eigenvalue weighted by Gasteiger charge is -2.33. The molecule has 0 fully saturated rings. The summed E-state index contributed by atoms with van der Waals surface area (Å²) in [4.78, 5) is 45.0. The molecular weight excluding hydrogens is 460 g/mol. The van der Waals surface area contributed by atoms with E-state index in [2.05, 4.69) is 15.6 Å². The topological polar surface area (TPSA) is 114 Å². The van der Waals surface area contributed by atoms with Crippen LogP contribution in [0.2, 0.25) is 0 Å². The molecule has 2 heterocycles. The zero-order valence-corrected chi connectivity index (χ0v) is 21.0. The molecule has 9 nitrogen and oxygen atoms in total. The smallest absolute Gasteiger partial charge is 0.247 e. The minimum absolute atomic E-state index is 0.0575. The van der Waals surface area contributed by atoms with Crippen LogP contribution < -0.4 is 15.4 Å². The first-order chi connectivity index (χ1) is 17.2. The van der Waals surface area contributed by atoms with E-state index in [1.54, 1.807) is 67.9 Å². The van der Waals surface area contributed by atoms with Gasteiger partial charge < -0.3 is 24.7 Å². The summed E-state index contributed by atoms with van der Waals surface area (Å²) in [7, 11) is 1.56. The number of hydrogen-bond donors (Lipinski definition) is 2. The van der Waals surface area contributed by atoms with Crippen LogP contribution in [0.3, 0.4) is 0 Å². The molecule has 36 heavy (non-hydrogen) atoms. The average molecular weight is 493 g/mol. The SMILES string of the molecule is COc1ccc([C@@H](C(=O)NC(C)(C)C)N(Cc2ccco2)C(=O)CCC(=O)Nc2ccccn2)cc1. The van der Waals surface area contributed by atoms with Gasteiger partial charge in [0.25, 0.3) is 0 Å². The fourth-order valence-electron chi connectivity index (χ4n) is 3.60. The van der Waals surface area contributed by atoms with Crippen molar-refractivity contribution >= 4 is 23.5 Å². The van der Waals surface area contributed by atoms with Crippen LogP contribution >= 0.6 is 0 Å². The highest BCUT2D eigenvalue weighted by atomic mass is 16.5. The number of benzene rings is 1. The van der Waals surface area contributed by atoms with Gasteiger partial charge in [0.2, 0.25) is 17.7 Å². The third-order valence-electron chi connectivity index (χ3n) is 5.21. The number of rotatable bonds is 10. The van der Waals surface area contributed by atoms with E-state index >= 15 is 0 Å². The van der Waals surface area contributed by atoms with Crippen molar-refractivity contribution in [2.45, 2.75) is 51.7 Å². The molecule has 9 heteroatoms. The number of anilines is 1. The fraction of sp³-hybridized carbons (Fsp3) is 0.333. The van der Waals surface area contributed by atoms with Crippen molar-refractivity contribution in [1.82, 2.24) is 15.2 Å². The van der Waals surface area contributed by atoms with Gasteiger partial charge in [-0.2, -0.15) is 0 Å². The van der Waals surface area contributed by atoms with Crippen LogP contribution in [0.15, 0.2) is 71.5 Å². The lowest BCUT2D eigenvalue weighted by Crippen LogP contribution is -2.49. The Morgan fingerprint density at radius 1 is 1.03 bits per heavy atom. The second-order valence-electron chi connectivity index (χ2n) is 9.28. The van der Waals surface area contributed by atoms with Gasteiger partial charge in [-0.1, -0.05) is 18.2 Å². The molecule has 0 aliphatic heterocycles. The Bertz CT molecular complexity index is 1140. The Morgan fingerprint density at radius 2 is 1.78 bits per heavy atom. The van der Waals surface area contributed by atoms with E-state index in [1.165, 1.54) is 11.2 Å². The van der Waals surface area contributed by atoms with Crippen LogP contribution in [0.1, 0.15) is 51.0 Å². The minimum atomic E-state index is -0.952. The van der Waals surface area contributed by atoms with Gasteiger partial charge in [0.15, 0.2) is 0 Å². The molecule has 1 aromatic carbocycles. The summed E-state index contributed by atoms with van der Waals surface area (Å²) in [5.74, 6) is 0.494. The molecule has 190 valence electrons. The van der Waals surface area contributed by atoms with E-state index in [9.17, 15) is 14.4 Å². The van der Waals surface area contributed by atoms with Gasteiger partial charge in [0, 0.05) is 24.6 Å². The molecule has 0 saturated heterocycles. The maximum atomic E-state index is 13.5. The van der Waals surface area contributed by atoms with Gasteiger partial charge in [-0.25, -0.2) is 4.98 Å². The van der Waals surface area contributed by atoms with E-state index in [1.807, 2.05) is 20.8 Å². The number of pyridine rings is 1. The van der Waals surface area contributed by atoms with Gasteiger partial charge >= 0.3 is 0 Å². The molecule has 0 aliphatic carbocycles. The first-order valence-electron chi connectivity index (χ1n) is 11.6. The molecule has 3 aromatic rings. The number of carbonyl (C=O) groups excluding carboxylic acids is 3. The highest BCUT2D eigenvalue weighted by Crippen LogP contribution is 2.27. The molecule has 3 rings (SSSR count). The normalized spacial score (nSPS) is 11.9. The van der Waals surface area contributed by atoms with Gasteiger partial charge in [-0.15, -0.1) is 0 Å². The molecule has 0 radical (unpaired) electrons. The summed E-state index contributed by atoms with van der Waals surface area (Å²) in [6.07, 6.45) is 2.91. The van der Waals surface area contributed by atoms with E-state index in [0.29, 0.717) is 22.9 Å². The largest absolute Gasteiger partial charge is 0.497 e. The molecule has 1 atom stereocenters. The minimum Gasteiger partial charge on any atom is -0.497 e. The molecular formula is C27H32N4O5. The van der Waals surface area contributed by atoms with Crippen LogP contribution in [-0.4, -0.2) is 40.3 Å². The van der Waals surface area contributed by atoms with E-state index in [0.717, 1.165) is 0 Å². The molecule has 0 bridgehead atoms. The highest BCUT2D eigenvalue weighted by Gasteiger charge is 2.34. The molecule has 0 aliphatic rings. The van der Waals surface area contributed by atoms with Crippen LogP contribution in [0.4, 0.5) is 5.82 Å². The van der Waals surface area contributed by atoms with Crippen molar-refractivity contribution in [2.24, 2.45) is 0 Å². The monoisotopic (exact) mass is 492 g/mol. The molecule has 3 amide bonds. The maximum absolute atomic E-state index is 13.5. The third-order valence-corrected chi connectivity index (χ3v) is 5.21. The van der Waals surface area contributed by atoms with Crippen molar-refractivity contribution in [3.05, 3.63) is 78.4 Å². The number of methoxy groups -OCH3 is 1. The van der Waals surface area contributed by atoms with Crippen molar-refractivity contribution in [3.8, 4) is 5.75 Å². The first kappa shape index (κ1) is 26.5. The summed E-state index contributed by atoms with van der Waals surface area (Å²) >= 11 is 0. The Balaban J connectivity index is 1.87. The van der Waals surface area contributed by atoms with Crippen molar-refractivity contribution in [3.63, 3.8) is 0 Å². The van der Waals surface area contributed by atoms with Crippen LogP contribution in [0, 0.1) is 0 Å². The van der Waals surface area contributed by atoms with Gasteiger partial charge in [-0.3, -0.25) is 14.4 Å². The van der Waals surface area contributed by atoms with Crippen LogP contribution in [0.5, 0.6) is 5.75 Å². The van der Waals surface area contributed by atoms with Gasteiger partial charge in [0.1, 0.15) is 23.4 Å². The molecule has 0 saturated carbocycles. The number of ether oxygens (including phenoxy) is 1. The quantitative estimate of drug-likeness (QED) is 0.441. The predicted molar refractivity (Wildman–Crippen MR) is 135 cm³/mol. The Morgan fingerprint density at radius 3 is 2.36 bits per heavy atom. The zero-order chi connectivity index (χ0) is 26.1. The zero-order valence-electron chi connectivity index (χ0n) is 21.0. The van der Waals surface area contributed by atoms with Gasteiger partial charge in [-0.05, 0) is 62.7 Å². The van der Waals surface area contributed by atoms with Crippen molar-refractivity contribution in [2.75, 3.05) is 12.4 Å². The van der Waals surface area contributed by atoms with E-state index < -0.39 is 11.6 Å².